The van der Waals surface area contributed by atoms with Crippen molar-refractivity contribution in [1.29, 1.82) is 0 Å². The molecule has 0 aromatic heterocycles. The van der Waals surface area contributed by atoms with Crippen LogP contribution >= 0.6 is 0 Å². The zero-order valence-electron chi connectivity index (χ0n) is 16.3. The number of benzene rings is 2. The molecule has 0 spiro atoms. The van der Waals surface area contributed by atoms with Gasteiger partial charge in [-0.2, -0.15) is 0 Å². The van der Waals surface area contributed by atoms with E-state index in [4.69, 9.17) is 9.47 Å². The van der Waals surface area contributed by atoms with Crippen molar-refractivity contribution in [3.05, 3.63) is 69.8 Å². The molecule has 0 N–H and O–H groups in total. The van der Waals surface area contributed by atoms with Gasteiger partial charge in [-0.25, -0.2) is 0 Å². The average molecular weight is 387 g/mol. The van der Waals surface area contributed by atoms with Gasteiger partial charge >= 0.3 is 5.97 Å². The van der Waals surface area contributed by atoms with Crippen LogP contribution in [0.3, 0.4) is 0 Å². The van der Waals surface area contributed by atoms with Gasteiger partial charge in [-0.3, -0.25) is 14.9 Å². The maximum Gasteiger partial charge on any atom is 0.305 e. The predicted molar refractivity (Wildman–Crippen MR) is 104 cm³/mol. The maximum atomic E-state index is 11.6. The number of methoxy groups -OCH3 is 3. The van der Waals surface area contributed by atoms with Gasteiger partial charge in [0.25, 0.3) is 0 Å². The number of carbonyl (C=O) groups excluding carboxylic acids is 1. The number of carbonyl (C=O) groups is 1. The standard InChI is InChI=1S/C21H25NO6/c1-26-18-9-4-15(5-10-18)20(16-6-11-19(27-2)12-7-16)14-17(22(24)25)8-13-21(23)28-3/h4-7,9-12,17,20H,8,13-14H2,1-3H3. The number of nitrogens with zero attached hydrogens (tertiary/aromatic N) is 1. The van der Waals surface area contributed by atoms with Crippen molar-refractivity contribution in [2.75, 3.05) is 21.3 Å². The Hall–Kier alpha value is -3.09. The summed E-state index contributed by atoms with van der Waals surface area (Å²) >= 11 is 0. The fraction of sp³-hybridized carbons (Fsp3) is 0.381. The van der Waals surface area contributed by atoms with E-state index in [-0.39, 0.29) is 30.1 Å². The van der Waals surface area contributed by atoms with Crippen molar-refractivity contribution in [3.8, 4) is 11.5 Å². The van der Waals surface area contributed by atoms with Crippen molar-refractivity contribution < 1.29 is 23.9 Å². The van der Waals surface area contributed by atoms with E-state index in [0.717, 1.165) is 11.1 Å². The Morgan fingerprint density at radius 1 is 0.929 bits per heavy atom. The molecule has 0 fully saturated rings. The van der Waals surface area contributed by atoms with Crippen molar-refractivity contribution >= 4 is 5.97 Å². The molecule has 2 aromatic rings. The van der Waals surface area contributed by atoms with E-state index in [1.165, 1.54) is 7.11 Å². The Labute approximate surface area is 164 Å². The summed E-state index contributed by atoms with van der Waals surface area (Å²) in [5.41, 5.74) is 1.88. The lowest BCUT2D eigenvalue weighted by Crippen LogP contribution is -2.24. The van der Waals surface area contributed by atoms with Gasteiger partial charge < -0.3 is 14.2 Å². The van der Waals surface area contributed by atoms with Crippen molar-refractivity contribution in [2.24, 2.45) is 0 Å². The van der Waals surface area contributed by atoms with Crippen LogP contribution in [0.2, 0.25) is 0 Å². The average Bonchev–Trinajstić information content (AvgIpc) is 2.73. The zero-order valence-corrected chi connectivity index (χ0v) is 16.3. The molecule has 2 rings (SSSR count). The summed E-state index contributed by atoms with van der Waals surface area (Å²) < 4.78 is 15.0. The zero-order chi connectivity index (χ0) is 20.5. The highest BCUT2D eigenvalue weighted by Gasteiger charge is 2.28. The Bertz CT molecular complexity index is 725. The molecule has 1 atom stereocenters. The highest BCUT2D eigenvalue weighted by Crippen LogP contribution is 2.33. The fourth-order valence-corrected chi connectivity index (χ4v) is 3.10. The van der Waals surface area contributed by atoms with E-state index >= 15 is 0 Å². The predicted octanol–water partition coefficient (Wildman–Crippen LogP) is 3.82. The topological polar surface area (TPSA) is 87.9 Å². The first-order valence-corrected chi connectivity index (χ1v) is 8.96. The van der Waals surface area contributed by atoms with Crippen molar-refractivity contribution in [1.82, 2.24) is 0 Å². The molecular formula is C21H25NO6. The second-order valence-corrected chi connectivity index (χ2v) is 6.39. The van der Waals surface area contributed by atoms with Crippen LogP contribution in [-0.2, 0) is 9.53 Å². The molecule has 0 saturated heterocycles. The van der Waals surface area contributed by atoms with Gasteiger partial charge in [0.05, 0.1) is 27.8 Å². The Kier molecular flexibility index (Phi) is 7.80. The molecule has 0 radical (unpaired) electrons. The van der Waals surface area contributed by atoms with Crippen molar-refractivity contribution in [2.45, 2.75) is 31.2 Å². The smallest absolute Gasteiger partial charge is 0.305 e. The van der Waals surface area contributed by atoms with E-state index in [2.05, 4.69) is 4.74 Å². The van der Waals surface area contributed by atoms with Crippen LogP contribution in [0.15, 0.2) is 48.5 Å². The number of hydrogen-bond acceptors (Lipinski definition) is 6. The molecule has 0 aliphatic carbocycles. The molecule has 7 heteroatoms. The Morgan fingerprint density at radius 3 is 1.75 bits per heavy atom. The molecule has 28 heavy (non-hydrogen) atoms. The molecule has 150 valence electrons. The summed E-state index contributed by atoms with van der Waals surface area (Å²) in [5.74, 6) is 0.782. The molecule has 0 heterocycles. The quantitative estimate of drug-likeness (QED) is 0.350. The first-order valence-electron chi connectivity index (χ1n) is 8.96. The van der Waals surface area contributed by atoms with Crippen LogP contribution in [0.5, 0.6) is 11.5 Å². The second kappa shape index (κ2) is 10.3. The van der Waals surface area contributed by atoms with E-state index in [0.29, 0.717) is 11.5 Å². The number of ether oxygens (including phenoxy) is 3. The lowest BCUT2D eigenvalue weighted by molar-refractivity contribution is -0.524. The fourth-order valence-electron chi connectivity index (χ4n) is 3.10. The first kappa shape index (κ1) is 21.2. The van der Waals surface area contributed by atoms with Gasteiger partial charge in [0.2, 0.25) is 6.04 Å². The third-order valence-electron chi connectivity index (χ3n) is 4.75. The van der Waals surface area contributed by atoms with E-state index < -0.39 is 12.0 Å². The number of rotatable bonds is 10. The van der Waals surface area contributed by atoms with Gasteiger partial charge in [0, 0.05) is 23.7 Å². The maximum absolute atomic E-state index is 11.6. The van der Waals surface area contributed by atoms with E-state index in [9.17, 15) is 14.9 Å². The lowest BCUT2D eigenvalue weighted by Gasteiger charge is -2.21. The molecule has 7 nitrogen and oxygen atoms in total. The van der Waals surface area contributed by atoms with Gasteiger partial charge in [-0.05, 0) is 35.4 Å². The first-order chi connectivity index (χ1) is 13.5. The molecule has 2 aromatic carbocycles. The molecule has 0 saturated carbocycles. The largest absolute Gasteiger partial charge is 0.497 e. The van der Waals surface area contributed by atoms with Crippen LogP contribution in [0.1, 0.15) is 36.3 Å². The lowest BCUT2D eigenvalue weighted by atomic mass is 9.85. The molecular weight excluding hydrogens is 362 g/mol. The summed E-state index contributed by atoms with van der Waals surface area (Å²) in [5, 5.41) is 11.6. The van der Waals surface area contributed by atoms with Gasteiger partial charge in [-0.15, -0.1) is 0 Å². The Morgan fingerprint density at radius 2 is 1.39 bits per heavy atom. The number of esters is 1. The van der Waals surface area contributed by atoms with E-state index in [1.54, 1.807) is 14.2 Å². The normalized spacial score (nSPS) is 11.7. The van der Waals surface area contributed by atoms with Crippen LogP contribution in [0.4, 0.5) is 0 Å². The van der Waals surface area contributed by atoms with Crippen LogP contribution in [-0.4, -0.2) is 38.3 Å². The minimum Gasteiger partial charge on any atom is -0.497 e. The highest BCUT2D eigenvalue weighted by atomic mass is 16.6. The van der Waals surface area contributed by atoms with Gasteiger partial charge in [0.1, 0.15) is 11.5 Å². The summed E-state index contributed by atoms with van der Waals surface area (Å²) in [6.45, 7) is 0. The molecule has 0 aliphatic rings. The van der Waals surface area contributed by atoms with Crippen LogP contribution in [0, 0.1) is 10.1 Å². The minimum atomic E-state index is -0.867. The Balaban J connectivity index is 2.31. The number of hydrogen-bond donors (Lipinski definition) is 0. The second-order valence-electron chi connectivity index (χ2n) is 6.39. The SMILES string of the molecule is COC(=O)CCC(CC(c1ccc(OC)cc1)c1ccc(OC)cc1)[N+](=O)[O-]. The van der Waals surface area contributed by atoms with Crippen molar-refractivity contribution in [3.63, 3.8) is 0 Å². The third kappa shape index (κ3) is 5.70. The highest BCUT2D eigenvalue weighted by molar-refractivity contribution is 5.69. The van der Waals surface area contributed by atoms with Crippen LogP contribution in [0.25, 0.3) is 0 Å². The summed E-state index contributed by atoms with van der Waals surface area (Å²) in [7, 11) is 4.46. The number of nitro groups is 1. The summed E-state index contributed by atoms with van der Waals surface area (Å²) in [6.07, 6.45) is 0.408. The minimum absolute atomic E-state index is 0.0140. The van der Waals surface area contributed by atoms with Gasteiger partial charge in [-0.1, -0.05) is 24.3 Å². The van der Waals surface area contributed by atoms with Crippen LogP contribution < -0.4 is 9.47 Å². The third-order valence-corrected chi connectivity index (χ3v) is 4.75. The molecule has 1 unspecified atom stereocenters. The summed E-state index contributed by atoms with van der Waals surface area (Å²) in [6, 6.07) is 14.1. The monoisotopic (exact) mass is 387 g/mol. The van der Waals surface area contributed by atoms with E-state index in [1.807, 2.05) is 48.5 Å². The molecule has 0 amide bonds. The summed E-state index contributed by atoms with van der Waals surface area (Å²) in [4.78, 5) is 22.7. The van der Waals surface area contributed by atoms with Gasteiger partial charge in [0.15, 0.2) is 0 Å². The molecule has 0 bridgehead atoms. The molecule has 0 aliphatic heterocycles.